The first-order valence-electron chi connectivity index (χ1n) is 9.40. The molecule has 0 atom stereocenters. The van der Waals surface area contributed by atoms with Crippen molar-refractivity contribution in [3.05, 3.63) is 81.8 Å². The van der Waals surface area contributed by atoms with Crippen molar-refractivity contribution in [1.82, 2.24) is 4.98 Å². The van der Waals surface area contributed by atoms with Crippen molar-refractivity contribution in [2.45, 2.75) is 24.8 Å². The Balaban J connectivity index is 1.41. The van der Waals surface area contributed by atoms with Gasteiger partial charge in [0, 0.05) is 18.0 Å². The van der Waals surface area contributed by atoms with Gasteiger partial charge in [-0.15, -0.1) is 11.3 Å². The monoisotopic (exact) mass is 440 g/mol. The molecule has 0 unspecified atom stereocenters. The molecule has 30 heavy (non-hydrogen) atoms. The summed E-state index contributed by atoms with van der Waals surface area (Å²) in [5, 5.41) is 2.77. The van der Waals surface area contributed by atoms with Crippen molar-refractivity contribution >= 4 is 39.1 Å². The lowest BCUT2D eigenvalue weighted by Gasteiger charge is -2.19. The van der Waals surface area contributed by atoms with Crippen LogP contribution in [0.15, 0.2) is 64.9 Å². The smallest absolute Gasteiger partial charge is 0.331 e. The van der Waals surface area contributed by atoms with Crippen molar-refractivity contribution in [3.63, 3.8) is 0 Å². The average Bonchev–Trinajstić information content (AvgIpc) is 3.37. The Morgan fingerprint density at radius 3 is 2.70 bits per heavy atom. The van der Waals surface area contributed by atoms with E-state index >= 15 is 0 Å². The first-order chi connectivity index (χ1) is 14.4. The molecular weight excluding hydrogens is 420 g/mol. The predicted molar refractivity (Wildman–Crippen MR) is 117 cm³/mol. The number of anilines is 1. The maximum atomic E-state index is 13.0. The summed E-state index contributed by atoms with van der Waals surface area (Å²) in [6, 6.07) is 14.0. The number of benzene rings is 2. The Labute approximate surface area is 179 Å². The maximum Gasteiger partial charge on any atom is 0.331 e. The minimum atomic E-state index is -3.63. The summed E-state index contributed by atoms with van der Waals surface area (Å²) in [4.78, 5) is 16.3. The fraction of sp³-hybridized carbons (Fsp3) is 0.182. The number of rotatable bonds is 6. The highest BCUT2D eigenvalue weighted by Gasteiger charge is 2.30. The van der Waals surface area contributed by atoms with Gasteiger partial charge in [0.1, 0.15) is 6.61 Å². The van der Waals surface area contributed by atoms with Gasteiger partial charge in [0.25, 0.3) is 10.0 Å². The molecule has 4 rings (SSSR count). The van der Waals surface area contributed by atoms with Crippen molar-refractivity contribution in [2.24, 2.45) is 0 Å². The highest BCUT2D eigenvalue weighted by molar-refractivity contribution is 7.92. The summed E-state index contributed by atoms with van der Waals surface area (Å²) in [5.41, 5.74) is 3.20. The number of esters is 1. The van der Waals surface area contributed by atoms with Crippen LogP contribution in [0.2, 0.25) is 0 Å². The molecule has 0 saturated heterocycles. The van der Waals surface area contributed by atoms with Crippen LogP contribution in [-0.2, 0) is 32.6 Å². The van der Waals surface area contributed by atoms with Crippen molar-refractivity contribution in [3.8, 4) is 0 Å². The fourth-order valence-electron chi connectivity index (χ4n) is 3.27. The van der Waals surface area contributed by atoms with E-state index in [1.54, 1.807) is 30.3 Å². The van der Waals surface area contributed by atoms with E-state index in [9.17, 15) is 13.2 Å². The first kappa shape index (κ1) is 20.3. The molecule has 0 bridgehead atoms. The van der Waals surface area contributed by atoms with Crippen LogP contribution in [0.4, 0.5) is 5.69 Å². The Bertz CT molecular complexity index is 1200. The summed E-state index contributed by atoms with van der Waals surface area (Å²) >= 11 is 1.50. The van der Waals surface area contributed by atoms with E-state index in [2.05, 4.69) is 4.98 Å². The SMILES string of the molecule is Cc1nc(COC(=O)/C=C/c2ccc(S(=O)(=O)N3CCc4ccccc43)cc2)cs1. The summed E-state index contributed by atoms with van der Waals surface area (Å²) in [7, 11) is -3.63. The van der Waals surface area contributed by atoms with Crippen LogP contribution in [0.1, 0.15) is 21.8 Å². The van der Waals surface area contributed by atoms with Crippen LogP contribution in [0.25, 0.3) is 6.08 Å². The molecule has 2 aromatic carbocycles. The second-order valence-electron chi connectivity index (χ2n) is 6.82. The second-order valence-corrected chi connectivity index (χ2v) is 9.75. The second kappa shape index (κ2) is 8.41. The quantitative estimate of drug-likeness (QED) is 0.428. The highest BCUT2D eigenvalue weighted by atomic mass is 32.2. The standard InChI is InChI=1S/C22H20N2O4S2/c1-16-23-19(15-29-16)14-28-22(25)11-8-17-6-9-20(10-7-17)30(26,27)24-13-12-18-4-2-3-5-21(18)24/h2-11,15H,12-14H2,1H3/b11-8+. The van der Waals surface area contributed by atoms with Gasteiger partial charge in [-0.2, -0.15) is 0 Å². The van der Waals surface area contributed by atoms with Gasteiger partial charge in [0.05, 0.1) is 21.3 Å². The minimum Gasteiger partial charge on any atom is -0.456 e. The molecular formula is C22H20N2O4S2. The number of thiazole rings is 1. The molecule has 0 amide bonds. The third kappa shape index (κ3) is 4.29. The zero-order chi connectivity index (χ0) is 21.1. The lowest BCUT2D eigenvalue weighted by Crippen LogP contribution is -2.29. The van der Waals surface area contributed by atoms with E-state index in [-0.39, 0.29) is 11.5 Å². The molecule has 0 N–H and O–H groups in total. The third-order valence-corrected chi connectivity index (χ3v) is 7.40. The van der Waals surface area contributed by atoms with Crippen molar-refractivity contribution < 1.29 is 17.9 Å². The van der Waals surface area contributed by atoms with Gasteiger partial charge < -0.3 is 4.74 Å². The molecule has 0 fully saturated rings. The van der Waals surface area contributed by atoms with Crippen LogP contribution < -0.4 is 4.31 Å². The number of hydrogen-bond donors (Lipinski definition) is 0. The number of hydrogen-bond acceptors (Lipinski definition) is 6. The van der Waals surface area contributed by atoms with Gasteiger partial charge in [0.2, 0.25) is 0 Å². The highest BCUT2D eigenvalue weighted by Crippen LogP contribution is 2.32. The van der Waals surface area contributed by atoms with Crippen molar-refractivity contribution in [1.29, 1.82) is 0 Å². The molecule has 0 radical (unpaired) electrons. The van der Waals surface area contributed by atoms with Crippen LogP contribution in [0, 0.1) is 6.92 Å². The van der Waals surface area contributed by atoms with Crippen molar-refractivity contribution in [2.75, 3.05) is 10.8 Å². The van der Waals surface area contributed by atoms with Gasteiger partial charge in [0.15, 0.2) is 0 Å². The number of para-hydroxylation sites is 1. The average molecular weight is 441 g/mol. The van der Waals surface area contributed by atoms with E-state index < -0.39 is 16.0 Å². The van der Waals surface area contributed by atoms with Gasteiger partial charge in [-0.25, -0.2) is 18.2 Å². The Hall–Kier alpha value is -2.97. The zero-order valence-corrected chi connectivity index (χ0v) is 17.9. The molecule has 0 spiro atoms. The van der Waals surface area contributed by atoms with E-state index in [4.69, 9.17) is 4.74 Å². The van der Waals surface area contributed by atoms with Crippen LogP contribution in [0.3, 0.4) is 0 Å². The Morgan fingerprint density at radius 1 is 1.20 bits per heavy atom. The largest absolute Gasteiger partial charge is 0.456 e. The molecule has 1 aromatic heterocycles. The number of sulfonamides is 1. The lowest BCUT2D eigenvalue weighted by atomic mass is 10.2. The molecule has 0 aliphatic carbocycles. The van der Waals surface area contributed by atoms with Gasteiger partial charge in [-0.1, -0.05) is 30.3 Å². The summed E-state index contributed by atoms with van der Waals surface area (Å²) < 4.78 is 32.7. The summed E-state index contributed by atoms with van der Waals surface area (Å²) in [5.74, 6) is -0.481. The summed E-state index contributed by atoms with van der Waals surface area (Å²) in [6.07, 6.45) is 3.62. The lowest BCUT2D eigenvalue weighted by molar-refractivity contribution is -0.139. The maximum absolute atomic E-state index is 13.0. The number of aryl methyl sites for hydroxylation is 1. The minimum absolute atomic E-state index is 0.127. The van der Waals surface area contributed by atoms with E-state index in [1.165, 1.54) is 21.7 Å². The molecule has 1 aliphatic rings. The van der Waals surface area contributed by atoms with E-state index in [1.807, 2.05) is 36.6 Å². The van der Waals surface area contributed by atoms with Gasteiger partial charge in [-0.05, 0) is 48.7 Å². The predicted octanol–water partition coefficient (Wildman–Crippen LogP) is 3.96. The molecule has 154 valence electrons. The molecule has 0 saturated carbocycles. The number of nitrogens with zero attached hydrogens (tertiary/aromatic N) is 2. The molecule has 2 heterocycles. The normalized spacial score (nSPS) is 13.6. The molecule has 3 aromatic rings. The summed E-state index contributed by atoms with van der Waals surface area (Å²) in [6.45, 7) is 2.46. The van der Waals surface area contributed by atoms with Crippen LogP contribution >= 0.6 is 11.3 Å². The van der Waals surface area contributed by atoms with Gasteiger partial charge >= 0.3 is 5.97 Å². The number of ether oxygens (including phenoxy) is 1. The molecule has 1 aliphatic heterocycles. The van der Waals surface area contributed by atoms with Gasteiger partial charge in [-0.3, -0.25) is 4.31 Å². The third-order valence-electron chi connectivity index (χ3n) is 4.75. The Kier molecular flexibility index (Phi) is 5.69. The van der Waals surface area contributed by atoms with E-state index in [0.29, 0.717) is 18.5 Å². The number of carbonyl (C=O) groups excluding carboxylic acids is 1. The molecule has 6 nitrogen and oxygen atoms in total. The number of aromatic nitrogens is 1. The zero-order valence-electron chi connectivity index (χ0n) is 16.3. The Morgan fingerprint density at radius 2 is 1.97 bits per heavy atom. The van der Waals surface area contributed by atoms with E-state index in [0.717, 1.165) is 22.0 Å². The first-order valence-corrected chi connectivity index (χ1v) is 11.7. The fourth-order valence-corrected chi connectivity index (χ4v) is 5.37. The van der Waals surface area contributed by atoms with Crippen LogP contribution in [0.5, 0.6) is 0 Å². The van der Waals surface area contributed by atoms with Crippen LogP contribution in [-0.4, -0.2) is 25.9 Å². The number of carbonyl (C=O) groups is 1. The number of fused-ring (bicyclic) bond motifs is 1. The topological polar surface area (TPSA) is 76.6 Å². The molecule has 8 heteroatoms.